The fourth-order valence-corrected chi connectivity index (χ4v) is 4.32. The Balaban J connectivity index is 2.13. The maximum Gasteiger partial charge on any atom is 0.348 e. The number of carbonyl (C=O) groups excluding carboxylic acids is 2. The molecule has 0 amide bonds. The van der Waals surface area contributed by atoms with E-state index in [4.69, 9.17) is 9.47 Å². The SMILES string of the molecule is CCOC(=O)c1sc(C(=O)OCC)c(Cc2ccccc2)c1Cc1ccccc1. The Kier molecular flexibility index (Phi) is 7.19. The molecule has 29 heavy (non-hydrogen) atoms. The average Bonchev–Trinajstić information content (AvgIpc) is 3.08. The van der Waals surface area contributed by atoms with Gasteiger partial charge in [-0.05, 0) is 48.9 Å². The topological polar surface area (TPSA) is 52.6 Å². The van der Waals surface area contributed by atoms with Gasteiger partial charge < -0.3 is 9.47 Å². The highest BCUT2D eigenvalue weighted by atomic mass is 32.1. The van der Waals surface area contributed by atoms with Gasteiger partial charge in [0, 0.05) is 0 Å². The van der Waals surface area contributed by atoms with Crippen LogP contribution in [-0.2, 0) is 22.3 Å². The van der Waals surface area contributed by atoms with Crippen LogP contribution in [0.1, 0.15) is 55.4 Å². The summed E-state index contributed by atoms with van der Waals surface area (Å²) in [6, 6.07) is 19.8. The molecule has 1 heterocycles. The number of carbonyl (C=O) groups is 2. The van der Waals surface area contributed by atoms with Crippen LogP contribution in [0, 0.1) is 0 Å². The van der Waals surface area contributed by atoms with Crippen LogP contribution in [0.15, 0.2) is 60.7 Å². The Labute approximate surface area is 175 Å². The zero-order valence-corrected chi connectivity index (χ0v) is 17.5. The van der Waals surface area contributed by atoms with Gasteiger partial charge in [-0.1, -0.05) is 60.7 Å². The Morgan fingerprint density at radius 3 is 1.41 bits per heavy atom. The molecular weight excluding hydrogens is 384 g/mol. The van der Waals surface area contributed by atoms with Gasteiger partial charge in [0.2, 0.25) is 0 Å². The molecule has 0 spiro atoms. The van der Waals surface area contributed by atoms with Crippen LogP contribution in [0.2, 0.25) is 0 Å². The van der Waals surface area contributed by atoms with Crippen LogP contribution in [-0.4, -0.2) is 25.2 Å². The lowest BCUT2D eigenvalue weighted by molar-refractivity contribution is 0.0523. The molecule has 3 aromatic rings. The Hall–Kier alpha value is -2.92. The largest absolute Gasteiger partial charge is 0.462 e. The van der Waals surface area contributed by atoms with E-state index in [1.54, 1.807) is 13.8 Å². The molecule has 0 bridgehead atoms. The average molecular weight is 409 g/mol. The van der Waals surface area contributed by atoms with E-state index in [9.17, 15) is 9.59 Å². The number of benzene rings is 2. The molecule has 0 unspecified atom stereocenters. The van der Waals surface area contributed by atoms with Crippen molar-refractivity contribution in [3.63, 3.8) is 0 Å². The highest BCUT2D eigenvalue weighted by molar-refractivity contribution is 7.16. The molecule has 3 rings (SSSR count). The molecule has 0 aliphatic rings. The smallest absolute Gasteiger partial charge is 0.348 e. The van der Waals surface area contributed by atoms with Crippen LogP contribution in [0.5, 0.6) is 0 Å². The van der Waals surface area contributed by atoms with Gasteiger partial charge in [0.1, 0.15) is 9.75 Å². The highest BCUT2D eigenvalue weighted by Crippen LogP contribution is 2.34. The fraction of sp³-hybridized carbons (Fsp3) is 0.250. The van der Waals surface area contributed by atoms with Crippen LogP contribution in [0.25, 0.3) is 0 Å². The van der Waals surface area contributed by atoms with E-state index in [0.29, 0.717) is 22.6 Å². The van der Waals surface area contributed by atoms with Gasteiger partial charge in [0.05, 0.1) is 13.2 Å². The van der Waals surface area contributed by atoms with Crippen LogP contribution >= 0.6 is 11.3 Å². The van der Waals surface area contributed by atoms with Crippen molar-refractivity contribution in [3.8, 4) is 0 Å². The standard InChI is InChI=1S/C24H24O4S/c1-3-27-23(25)21-19(15-17-11-7-5-8-12-17)20(16-18-13-9-6-10-14-18)22(29-21)24(26)28-4-2/h5-14H,3-4,15-16H2,1-2H3. The molecule has 5 heteroatoms. The number of rotatable bonds is 8. The fourth-order valence-electron chi connectivity index (χ4n) is 3.20. The summed E-state index contributed by atoms with van der Waals surface area (Å²) in [6.45, 7) is 4.12. The second-order valence-electron chi connectivity index (χ2n) is 6.48. The minimum atomic E-state index is -0.395. The molecule has 2 aromatic carbocycles. The number of hydrogen-bond acceptors (Lipinski definition) is 5. The predicted molar refractivity (Wildman–Crippen MR) is 115 cm³/mol. The lowest BCUT2D eigenvalue weighted by Crippen LogP contribution is -2.08. The van der Waals surface area contributed by atoms with E-state index in [-0.39, 0.29) is 13.2 Å². The van der Waals surface area contributed by atoms with Gasteiger partial charge in [0.25, 0.3) is 0 Å². The van der Waals surface area contributed by atoms with Crippen molar-refractivity contribution in [2.45, 2.75) is 26.7 Å². The van der Waals surface area contributed by atoms with Gasteiger partial charge in [-0.25, -0.2) is 9.59 Å². The minimum Gasteiger partial charge on any atom is -0.462 e. The number of thiophene rings is 1. The third kappa shape index (κ3) is 5.12. The Morgan fingerprint density at radius 1 is 0.690 bits per heavy atom. The first-order chi connectivity index (χ1) is 14.1. The summed E-state index contributed by atoms with van der Waals surface area (Å²) in [6.07, 6.45) is 1.10. The third-order valence-corrected chi connectivity index (χ3v) is 5.72. The van der Waals surface area contributed by atoms with Crippen LogP contribution in [0.3, 0.4) is 0 Å². The maximum atomic E-state index is 12.7. The predicted octanol–water partition coefficient (Wildman–Crippen LogP) is 5.28. The Bertz CT molecular complexity index is 883. The van der Waals surface area contributed by atoms with Gasteiger partial charge in [-0.2, -0.15) is 0 Å². The zero-order valence-electron chi connectivity index (χ0n) is 16.6. The summed E-state index contributed by atoms with van der Waals surface area (Å²) in [7, 11) is 0. The molecule has 0 aliphatic carbocycles. The summed E-state index contributed by atoms with van der Waals surface area (Å²) in [5.74, 6) is -0.790. The van der Waals surface area contributed by atoms with Crippen molar-refractivity contribution < 1.29 is 19.1 Å². The van der Waals surface area contributed by atoms with E-state index in [2.05, 4.69) is 0 Å². The van der Waals surface area contributed by atoms with E-state index in [1.165, 1.54) is 11.3 Å². The number of ether oxygens (including phenoxy) is 2. The number of esters is 2. The summed E-state index contributed by atoms with van der Waals surface area (Å²) in [5.41, 5.74) is 3.82. The minimum absolute atomic E-state index is 0.282. The normalized spacial score (nSPS) is 10.6. The molecule has 0 aliphatic heterocycles. The first kappa shape index (κ1) is 20.8. The molecule has 1 aromatic heterocycles. The molecule has 0 atom stereocenters. The molecule has 150 valence electrons. The van der Waals surface area contributed by atoms with E-state index in [1.807, 2.05) is 60.7 Å². The summed E-state index contributed by atoms with van der Waals surface area (Å²) >= 11 is 1.17. The summed E-state index contributed by atoms with van der Waals surface area (Å²) < 4.78 is 10.6. The third-order valence-electron chi connectivity index (χ3n) is 4.49. The van der Waals surface area contributed by atoms with Crippen molar-refractivity contribution in [1.29, 1.82) is 0 Å². The lowest BCUT2D eigenvalue weighted by Gasteiger charge is -2.10. The monoisotopic (exact) mass is 408 g/mol. The first-order valence-electron chi connectivity index (χ1n) is 9.70. The van der Waals surface area contributed by atoms with Crippen LogP contribution in [0.4, 0.5) is 0 Å². The van der Waals surface area contributed by atoms with Crippen molar-refractivity contribution >= 4 is 23.3 Å². The van der Waals surface area contributed by atoms with Gasteiger partial charge >= 0.3 is 11.9 Å². The van der Waals surface area contributed by atoms with Gasteiger partial charge in [-0.15, -0.1) is 11.3 Å². The first-order valence-corrected chi connectivity index (χ1v) is 10.5. The summed E-state index contributed by atoms with van der Waals surface area (Å²) in [5, 5.41) is 0. The van der Waals surface area contributed by atoms with E-state index >= 15 is 0 Å². The second kappa shape index (κ2) is 10.0. The van der Waals surface area contributed by atoms with E-state index < -0.39 is 11.9 Å². The van der Waals surface area contributed by atoms with E-state index in [0.717, 1.165) is 22.3 Å². The lowest BCUT2D eigenvalue weighted by atomic mass is 9.95. The zero-order chi connectivity index (χ0) is 20.6. The number of hydrogen-bond donors (Lipinski definition) is 0. The van der Waals surface area contributed by atoms with Crippen molar-refractivity contribution in [2.24, 2.45) is 0 Å². The molecule has 0 saturated heterocycles. The van der Waals surface area contributed by atoms with Crippen molar-refractivity contribution in [2.75, 3.05) is 13.2 Å². The molecule has 0 fully saturated rings. The Morgan fingerprint density at radius 2 is 1.07 bits per heavy atom. The van der Waals surface area contributed by atoms with Crippen molar-refractivity contribution in [3.05, 3.63) is 92.7 Å². The van der Waals surface area contributed by atoms with Gasteiger partial charge in [-0.3, -0.25) is 0 Å². The van der Waals surface area contributed by atoms with Crippen molar-refractivity contribution in [1.82, 2.24) is 0 Å². The molecule has 0 saturated carbocycles. The summed E-state index contributed by atoms with van der Waals surface area (Å²) in [4.78, 5) is 26.3. The highest BCUT2D eigenvalue weighted by Gasteiger charge is 2.27. The maximum absolute atomic E-state index is 12.7. The molecule has 4 nitrogen and oxygen atoms in total. The molecule has 0 N–H and O–H groups in total. The van der Waals surface area contributed by atoms with Crippen LogP contribution < -0.4 is 0 Å². The van der Waals surface area contributed by atoms with Gasteiger partial charge in [0.15, 0.2) is 0 Å². The quantitative estimate of drug-likeness (QED) is 0.476. The molecule has 0 radical (unpaired) electrons. The molecular formula is C24H24O4S. The second-order valence-corrected chi connectivity index (χ2v) is 7.50.